The Labute approximate surface area is 158 Å². The van der Waals surface area contributed by atoms with Gasteiger partial charge in [-0.2, -0.15) is 0 Å². The molecule has 2 aromatic rings. The van der Waals surface area contributed by atoms with Crippen molar-refractivity contribution >= 4 is 29.3 Å². The Bertz CT molecular complexity index is 748. The number of anilines is 1. The maximum absolute atomic E-state index is 12.2. The highest BCUT2D eigenvalue weighted by atomic mass is 32.2. The minimum absolute atomic E-state index is 0.155. The fourth-order valence-electron chi connectivity index (χ4n) is 2.19. The van der Waals surface area contributed by atoms with Crippen LogP contribution in [0.4, 0.5) is 5.69 Å². The number of nitrogens with one attached hydrogen (secondary N) is 1. The van der Waals surface area contributed by atoms with Crippen LogP contribution in [0.25, 0.3) is 0 Å². The topological polar surface area (TPSA) is 64.6 Å². The van der Waals surface area contributed by atoms with Crippen molar-refractivity contribution < 1.29 is 19.1 Å². The van der Waals surface area contributed by atoms with Gasteiger partial charge >= 0.3 is 5.97 Å². The molecule has 6 heteroatoms. The lowest BCUT2D eigenvalue weighted by Gasteiger charge is -2.10. The van der Waals surface area contributed by atoms with Crippen molar-refractivity contribution in [2.75, 3.05) is 24.8 Å². The number of benzene rings is 2. The van der Waals surface area contributed by atoms with Gasteiger partial charge in [-0.15, -0.1) is 11.8 Å². The molecule has 0 radical (unpaired) electrons. The maximum atomic E-state index is 12.2. The van der Waals surface area contributed by atoms with Crippen LogP contribution in [-0.2, 0) is 9.53 Å². The Hall–Kier alpha value is -2.47. The van der Waals surface area contributed by atoms with E-state index >= 15 is 0 Å². The number of hydrogen-bond acceptors (Lipinski definition) is 5. The molecule has 26 heavy (non-hydrogen) atoms. The van der Waals surface area contributed by atoms with E-state index in [0.717, 1.165) is 17.7 Å². The molecule has 0 aliphatic carbocycles. The average molecular weight is 373 g/mol. The van der Waals surface area contributed by atoms with Gasteiger partial charge in [0, 0.05) is 16.6 Å². The summed E-state index contributed by atoms with van der Waals surface area (Å²) in [5, 5.41) is 2.82. The van der Waals surface area contributed by atoms with E-state index in [0.29, 0.717) is 23.6 Å². The largest absolute Gasteiger partial charge is 0.497 e. The van der Waals surface area contributed by atoms with Crippen LogP contribution in [0.1, 0.15) is 30.1 Å². The minimum atomic E-state index is -0.352. The Balaban J connectivity index is 1.94. The van der Waals surface area contributed by atoms with Gasteiger partial charge in [-0.25, -0.2) is 4.79 Å². The first kappa shape index (κ1) is 19.8. The second-order valence-electron chi connectivity index (χ2n) is 5.55. The first-order valence-electron chi connectivity index (χ1n) is 8.47. The Kier molecular flexibility index (Phi) is 8.02. The van der Waals surface area contributed by atoms with E-state index < -0.39 is 0 Å². The zero-order valence-corrected chi connectivity index (χ0v) is 15.8. The van der Waals surface area contributed by atoms with Crippen LogP contribution in [-0.4, -0.2) is 31.3 Å². The summed E-state index contributed by atoms with van der Waals surface area (Å²) < 4.78 is 10.4. The zero-order valence-electron chi connectivity index (χ0n) is 15.0. The third kappa shape index (κ3) is 6.11. The van der Waals surface area contributed by atoms with Crippen LogP contribution in [0.5, 0.6) is 5.75 Å². The molecule has 0 spiro atoms. The summed E-state index contributed by atoms with van der Waals surface area (Å²) in [6, 6.07) is 14.3. The van der Waals surface area contributed by atoms with Crippen LogP contribution in [0, 0.1) is 0 Å². The molecule has 0 bridgehead atoms. The van der Waals surface area contributed by atoms with E-state index in [4.69, 9.17) is 9.47 Å². The van der Waals surface area contributed by atoms with Gasteiger partial charge in [-0.05, 0) is 30.7 Å². The van der Waals surface area contributed by atoms with Crippen molar-refractivity contribution in [3.05, 3.63) is 54.1 Å². The van der Waals surface area contributed by atoms with Gasteiger partial charge in [0.2, 0.25) is 5.91 Å². The van der Waals surface area contributed by atoms with E-state index in [-0.39, 0.29) is 17.6 Å². The number of hydrogen-bond donors (Lipinski definition) is 1. The van der Waals surface area contributed by atoms with E-state index in [1.165, 1.54) is 11.8 Å². The van der Waals surface area contributed by atoms with E-state index in [2.05, 4.69) is 5.32 Å². The molecule has 0 aromatic heterocycles. The van der Waals surface area contributed by atoms with Crippen LogP contribution in [0.2, 0.25) is 0 Å². The lowest BCUT2D eigenvalue weighted by molar-refractivity contribution is -0.113. The summed E-state index contributed by atoms with van der Waals surface area (Å²) in [5.41, 5.74) is 1.16. The molecular weight excluding hydrogens is 350 g/mol. The molecule has 0 unspecified atom stereocenters. The van der Waals surface area contributed by atoms with E-state index in [1.54, 1.807) is 31.4 Å². The molecular formula is C20H23NO4S. The summed E-state index contributed by atoms with van der Waals surface area (Å²) in [4.78, 5) is 25.1. The number of esters is 1. The third-order valence-corrected chi connectivity index (χ3v) is 4.62. The number of amides is 1. The fourth-order valence-corrected chi connectivity index (χ4v) is 3.03. The number of methoxy groups -OCH3 is 1. The Morgan fingerprint density at radius 3 is 2.69 bits per heavy atom. The van der Waals surface area contributed by atoms with Crippen LogP contribution in [0.3, 0.4) is 0 Å². The van der Waals surface area contributed by atoms with Gasteiger partial charge < -0.3 is 14.8 Å². The van der Waals surface area contributed by atoms with Crippen LogP contribution in [0.15, 0.2) is 53.4 Å². The van der Waals surface area contributed by atoms with Gasteiger partial charge in [-0.3, -0.25) is 4.79 Å². The predicted molar refractivity (Wildman–Crippen MR) is 104 cm³/mol. The third-order valence-electron chi connectivity index (χ3n) is 3.55. The summed E-state index contributed by atoms with van der Waals surface area (Å²) in [5.74, 6) is 0.360. The van der Waals surface area contributed by atoms with Gasteiger partial charge in [0.15, 0.2) is 0 Å². The molecule has 1 amide bonds. The summed E-state index contributed by atoms with van der Waals surface area (Å²) in [7, 11) is 1.58. The van der Waals surface area contributed by atoms with E-state index in [1.807, 2.05) is 31.2 Å². The molecule has 138 valence electrons. The lowest BCUT2D eigenvalue weighted by atomic mass is 10.2. The molecule has 0 aliphatic heterocycles. The maximum Gasteiger partial charge on any atom is 0.339 e. The zero-order chi connectivity index (χ0) is 18.8. The highest BCUT2D eigenvalue weighted by molar-refractivity contribution is 8.00. The highest BCUT2D eigenvalue weighted by Gasteiger charge is 2.14. The van der Waals surface area contributed by atoms with Crippen molar-refractivity contribution in [1.29, 1.82) is 0 Å². The molecule has 0 atom stereocenters. The van der Waals surface area contributed by atoms with Crippen LogP contribution >= 0.6 is 11.8 Å². The monoisotopic (exact) mass is 373 g/mol. The molecule has 0 fully saturated rings. The minimum Gasteiger partial charge on any atom is -0.497 e. The van der Waals surface area contributed by atoms with Crippen molar-refractivity contribution in [2.24, 2.45) is 0 Å². The first-order chi connectivity index (χ1) is 12.6. The average Bonchev–Trinajstić information content (AvgIpc) is 2.67. The molecule has 5 nitrogen and oxygen atoms in total. The predicted octanol–water partition coefficient (Wildman–Crippen LogP) is 4.38. The number of unbranched alkanes of at least 4 members (excludes halogenated alkanes) is 1. The lowest BCUT2D eigenvalue weighted by Crippen LogP contribution is -2.14. The SMILES string of the molecule is CCCCOC(=O)c1ccccc1SCC(=O)Nc1cccc(OC)c1. The van der Waals surface area contributed by atoms with Gasteiger partial charge in [0.25, 0.3) is 0 Å². The molecule has 2 aromatic carbocycles. The Morgan fingerprint density at radius 1 is 1.12 bits per heavy atom. The van der Waals surface area contributed by atoms with Crippen molar-refractivity contribution in [3.63, 3.8) is 0 Å². The van der Waals surface area contributed by atoms with Gasteiger partial charge in [-0.1, -0.05) is 31.5 Å². The van der Waals surface area contributed by atoms with E-state index in [9.17, 15) is 9.59 Å². The molecule has 1 N–H and O–H groups in total. The van der Waals surface area contributed by atoms with Gasteiger partial charge in [0.05, 0.1) is 25.0 Å². The number of carbonyl (C=O) groups excluding carboxylic acids is 2. The molecule has 0 heterocycles. The smallest absolute Gasteiger partial charge is 0.339 e. The highest BCUT2D eigenvalue weighted by Crippen LogP contribution is 2.24. The van der Waals surface area contributed by atoms with Crippen LogP contribution < -0.4 is 10.1 Å². The summed E-state index contributed by atoms with van der Waals surface area (Å²) in [6.07, 6.45) is 1.80. The quantitative estimate of drug-likeness (QED) is 0.401. The molecule has 0 saturated heterocycles. The van der Waals surface area contributed by atoms with Crippen molar-refractivity contribution in [1.82, 2.24) is 0 Å². The molecule has 0 saturated carbocycles. The van der Waals surface area contributed by atoms with Gasteiger partial charge in [0.1, 0.15) is 5.75 Å². The normalized spacial score (nSPS) is 10.2. The number of thioether (sulfide) groups is 1. The standard InChI is InChI=1S/C20H23NO4S/c1-3-4-12-25-20(23)17-10-5-6-11-18(17)26-14-19(22)21-15-8-7-9-16(13-15)24-2/h5-11,13H,3-4,12,14H2,1-2H3,(H,21,22). The Morgan fingerprint density at radius 2 is 1.92 bits per heavy atom. The van der Waals surface area contributed by atoms with Crippen molar-refractivity contribution in [3.8, 4) is 5.75 Å². The molecule has 0 aliphatic rings. The number of carbonyl (C=O) groups is 2. The second kappa shape index (κ2) is 10.5. The second-order valence-corrected chi connectivity index (χ2v) is 6.57. The fraction of sp³-hybridized carbons (Fsp3) is 0.300. The number of rotatable bonds is 9. The van der Waals surface area contributed by atoms with Crippen molar-refractivity contribution in [2.45, 2.75) is 24.7 Å². The number of ether oxygens (including phenoxy) is 2. The summed E-state index contributed by atoms with van der Waals surface area (Å²) in [6.45, 7) is 2.45. The first-order valence-corrected chi connectivity index (χ1v) is 9.45. The summed E-state index contributed by atoms with van der Waals surface area (Å²) >= 11 is 1.31. The molecule has 2 rings (SSSR count).